The van der Waals surface area contributed by atoms with Gasteiger partial charge in [0.2, 0.25) is 0 Å². The van der Waals surface area contributed by atoms with Crippen LogP contribution in [-0.2, 0) is 6.54 Å². The molecule has 1 nitrogen and oxygen atoms in total. The molecule has 0 radical (unpaired) electrons. The van der Waals surface area contributed by atoms with Crippen LogP contribution in [-0.4, -0.2) is 18.5 Å². The summed E-state index contributed by atoms with van der Waals surface area (Å²) in [6, 6.07) is 19.6. The van der Waals surface area contributed by atoms with Crippen LogP contribution in [0.4, 0.5) is 0 Å². The number of hydrogen-bond donors (Lipinski definition) is 0. The average Bonchev–Trinajstić information content (AvgIpc) is 2.39. The van der Waals surface area contributed by atoms with Crippen molar-refractivity contribution in [3.63, 3.8) is 0 Å². The highest BCUT2D eigenvalue weighted by molar-refractivity contribution is 5.40. The molecule has 0 saturated carbocycles. The number of nitrogens with zero attached hydrogens (tertiary/aromatic N) is 1. The van der Waals surface area contributed by atoms with Crippen LogP contribution in [0.15, 0.2) is 54.6 Å². The van der Waals surface area contributed by atoms with Gasteiger partial charge in [-0.2, -0.15) is 0 Å². The first-order chi connectivity index (χ1) is 8.34. The van der Waals surface area contributed by atoms with E-state index in [1.54, 1.807) is 0 Å². The quantitative estimate of drug-likeness (QED) is 0.717. The number of rotatable bonds is 1. The lowest BCUT2D eigenvalue weighted by molar-refractivity contribution is 0.295. The summed E-state index contributed by atoms with van der Waals surface area (Å²) in [5.74, 6) is 0.520. The van der Waals surface area contributed by atoms with Crippen molar-refractivity contribution in [3.8, 4) is 0 Å². The molecule has 0 saturated heterocycles. The monoisotopic (exact) mass is 223 g/mol. The molecule has 1 heterocycles. The Morgan fingerprint density at radius 3 is 2.47 bits per heavy atom. The van der Waals surface area contributed by atoms with Gasteiger partial charge in [0.25, 0.3) is 0 Å². The molecular formula is C16H17N. The fourth-order valence-corrected chi connectivity index (χ4v) is 2.75. The Balaban J connectivity index is 2.07. The van der Waals surface area contributed by atoms with Crippen LogP contribution in [0, 0.1) is 0 Å². The maximum atomic E-state index is 2.40. The summed E-state index contributed by atoms with van der Waals surface area (Å²) in [6.45, 7) is 2.18. The van der Waals surface area contributed by atoms with Crippen molar-refractivity contribution in [2.24, 2.45) is 0 Å². The number of hydrogen-bond acceptors (Lipinski definition) is 1. The standard InChI is InChI=1S/C16H17N/c1-17-11-14-9-5-6-10-15(14)16(12-17)13-7-3-2-4-8-13/h2-10,16H,11-12H2,1H3/t16-/m1/s1. The van der Waals surface area contributed by atoms with Crippen molar-refractivity contribution < 1.29 is 0 Å². The van der Waals surface area contributed by atoms with Gasteiger partial charge in [0, 0.05) is 19.0 Å². The lowest BCUT2D eigenvalue weighted by Crippen LogP contribution is -2.30. The van der Waals surface area contributed by atoms with Crippen LogP contribution in [0.2, 0.25) is 0 Å². The van der Waals surface area contributed by atoms with Gasteiger partial charge < -0.3 is 4.90 Å². The van der Waals surface area contributed by atoms with Gasteiger partial charge in [-0.15, -0.1) is 0 Å². The summed E-state index contributed by atoms with van der Waals surface area (Å²) in [5.41, 5.74) is 4.39. The fourth-order valence-electron chi connectivity index (χ4n) is 2.75. The van der Waals surface area contributed by atoms with Crippen molar-refractivity contribution >= 4 is 0 Å². The molecule has 0 spiro atoms. The van der Waals surface area contributed by atoms with Crippen LogP contribution in [0.5, 0.6) is 0 Å². The number of benzene rings is 2. The lowest BCUT2D eigenvalue weighted by Gasteiger charge is -2.32. The van der Waals surface area contributed by atoms with Crippen LogP contribution >= 0.6 is 0 Å². The minimum Gasteiger partial charge on any atom is -0.301 e. The summed E-state index contributed by atoms with van der Waals surface area (Å²) in [4.78, 5) is 2.40. The minimum atomic E-state index is 0.520. The van der Waals surface area contributed by atoms with Gasteiger partial charge in [-0.25, -0.2) is 0 Å². The Hall–Kier alpha value is -1.60. The Bertz CT molecular complexity index is 504. The minimum absolute atomic E-state index is 0.520. The van der Waals surface area contributed by atoms with Crippen molar-refractivity contribution in [1.29, 1.82) is 0 Å². The Kier molecular flexibility index (Phi) is 2.69. The molecule has 1 heteroatoms. The molecule has 17 heavy (non-hydrogen) atoms. The largest absolute Gasteiger partial charge is 0.301 e. The Labute approximate surface area is 103 Å². The molecule has 1 aliphatic rings. The molecular weight excluding hydrogens is 206 g/mol. The fraction of sp³-hybridized carbons (Fsp3) is 0.250. The van der Waals surface area contributed by atoms with E-state index in [2.05, 4.69) is 66.5 Å². The SMILES string of the molecule is CN1Cc2ccccc2[C@@H](c2ccccc2)C1. The Morgan fingerprint density at radius 1 is 0.941 bits per heavy atom. The van der Waals surface area contributed by atoms with E-state index in [1.165, 1.54) is 16.7 Å². The maximum Gasteiger partial charge on any atom is 0.0234 e. The normalized spacial score (nSPS) is 19.9. The van der Waals surface area contributed by atoms with Gasteiger partial charge in [-0.05, 0) is 23.7 Å². The van der Waals surface area contributed by atoms with Crippen molar-refractivity contribution in [2.75, 3.05) is 13.6 Å². The first-order valence-corrected chi connectivity index (χ1v) is 6.16. The highest BCUT2D eigenvalue weighted by atomic mass is 15.1. The van der Waals surface area contributed by atoms with Gasteiger partial charge in [0.1, 0.15) is 0 Å². The van der Waals surface area contributed by atoms with Crippen molar-refractivity contribution in [3.05, 3.63) is 71.3 Å². The molecule has 0 fully saturated rings. The molecule has 0 unspecified atom stereocenters. The van der Waals surface area contributed by atoms with Gasteiger partial charge in [0.05, 0.1) is 0 Å². The van der Waals surface area contributed by atoms with Crippen LogP contribution in [0.25, 0.3) is 0 Å². The van der Waals surface area contributed by atoms with E-state index in [1.807, 2.05) is 0 Å². The zero-order chi connectivity index (χ0) is 11.7. The van der Waals surface area contributed by atoms with E-state index in [0.29, 0.717) is 5.92 Å². The molecule has 0 bridgehead atoms. The summed E-state index contributed by atoms with van der Waals surface area (Å²) in [6.07, 6.45) is 0. The summed E-state index contributed by atoms with van der Waals surface area (Å²) in [7, 11) is 2.20. The highest BCUT2D eigenvalue weighted by Crippen LogP contribution is 2.32. The van der Waals surface area contributed by atoms with Gasteiger partial charge in [0.15, 0.2) is 0 Å². The van der Waals surface area contributed by atoms with E-state index in [9.17, 15) is 0 Å². The third-order valence-electron chi connectivity index (χ3n) is 3.57. The van der Waals surface area contributed by atoms with Gasteiger partial charge >= 0.3 is 0 Å². The molecule has 0 amide bonds. The van der Waals surface area contributed by atoms with Crippen LogP contribution in [0.3, 0.4) is 0 Å². The molecule has 3 rings (SSSR count). The Morgan fingerprint density at radius 2 is 1.65 bits per heavy atom. The molecule has 0 aliphatic carbocycles. The van der Waals surface area contributed by atoms with Gasteiger partial charge in [-0.1, -0.05) is 54.6 Å². The number of likely N-dealkylation sites (N-methyl/N-ethyl adjacent to an activating group) is 1. The van der Waals surface area contributed by atoms with E-state index >= 15 is 0 Å². The van der Waals surface area contributed by atoms with Crippen molar-refractivity contribution in [2.45, 2.75) is 12.5 Å². The predicted molar refractivity (Wildman–Crippen MR) is 71.1 cm³/mol. The molecule has 86 valence electrons. The second-order valence-electron chi connectivity index (χ2n) is 4.86. The third kappa shape index (κ3) is 1.98. The molecule has 1 aliphatic heterocycles. The molecule has 1 atom stereocenters. The van der Waals surface area contributed by atoms with Crippen LogP contribution < -0.4 is 0 Å². The zero-order valence-corrected chi connectivity index (χ0v) is 10.1. The lowest BCUT2D eigenvalue weighted by atomic mass is 9.85. The summed E-state index contributed by atoms with van der Waals surface area (Å²) >= 11 is 0. The zero-order valence-electron chi connectivity index (χ0n) is 10.1. The molecule has 0 N–H and O–H groups in total. The average molecular weight is 223 g/mol. The molecule has 2 aromatic carbocycles. The van der Waals surface area contributed by atoms with E-state index in [0.717, 1.165) is 13.1 Å². The van der Waals surface area contributed by atoms with Crippen molar-refractivity contribution in [1.82, 2.24) is 4.90 Å². The van der Waals surface area contributed by atoms with E-state index in [4.69, 9.17) is 0 Å². The first kappa shape index (κ1) is 10.5. The van der Waals surface area contributed by atoms with Crippen LogP contribution in [0.1, 0.15) is 22.6 Å². The molecule has 2 aromatic rings. The van der Waals surface area contributed by atoms with E-state index in [-0.39, 0.29) is 0 Å². The summed E-state index contributed by atoms with van der Waals surface area (Å²) in [5, 5.41) is 0. The summed E-state index contributed by atoms with van der Waals surface area (Å²) < 4.78 is 0. The highest BCUT2D eigenvalue weighted by Gasteiger charge is 2.23. The van der Waals surface area contributed by atoms with Gasteiger partial charge in [-0.3, -0.25) is 0 Å². The first-order valence-electron chi connectivity index (χ1n) is 6.16. The van der Waals surface area contributed by atoms with E-state index < -0.39 is 0 Å². The third-order valence-corrected chi connectivity index (χ3v) is 3.57. The second-order valence-corrected chi connectivity index (χ2v) is 4.86. The predicted octanol–water partition coefficient (Wildman–Crippen LogP) is 3.26. The molecule has 0 aromatic heterocycles. The second kappa shape index (κ2) is 4.34. The smallest absolute Gasteiger partial charge is 0.0234 e. The topological polar surface area (TPSA) is 3.24 Å². The maximum absolute atomic E-state index is 2.40. The number of fused-ring (bicyclic) bond motifs is 1.